The molecule has 8 heteroatoms. The number of rotatable bonds is 6. The number of halogens is 1. The van der Waals surface area contributed by atoms with E-state index in [0.717, 1.165) is 10.0 Å². The number of aryl methyl sites for hydroxylation is 2. The van der Waals surface area contributed by atoms with Crippen LogP contribution in [0.15, 0.2) is 34.8 Å². The molecule has 1 aromatic carbocycles. The van der Waals surface area contributed by atoms with Gasteiger partial charge in [-0.05, 0) is 56.7 Å². The summed E-state index contributed by atoms with van der Waals surface area (Å²) in [5.74, 6) is -1.22. The van der Waals surface area contributed by atoms with Gasteiger partial charge in [-0.2, -0.15) is 0 Å². The van der Waals surface area contributed by atoms with Gasteiger partial charge in [0.1, 0.15) is 5.69 Å². The predicted octanol–water partition coefficient (Wildman–Crippen LogP) is 3.35. The van der Waals surface area contributed by atoms with E-state index < -0.39 is 11.9 Å². The van der Waals surface area contributed by atoms with Gasteiger partial charge in [0.05, 0.1) is 24.4 Å². The second-order valence-corrected chi connectivity index (χ2v) is 7.13. The number of likely N-dealkylation sites (N-methyl/N-ethyl adjacent to an activating group) is 1. The number of pyridine rings is 1. The Morgan fingerprint density at radius 2 is 1.89 bits per heavy atom. The SMILES string of the molecule is CCOC(=O)c1ccc(C(=O)N(C)CC(=O)Nc2ccc(Br)cc2C)nc1C. The highest BCUT2D eigenvalue weighted by atomic mass is 79.9. The third-order valence-corrected chi connectivity index (χ3v) is 4.48. The van der Waals surface area contributed by atoms with E-state index in [2.05, 4.69) is 26.2 Å². The number of hydrogen-bond donors (Lipinski definition) is 1. The summed E-state index contributed by atoms with van der Waals surface area (Å²) >= 11 is 3.37. The van der Waals surface area contributed by atoms with Crippen LogP contribution < -0.4 is 5.32 Å². The van der Waals surface area contributed by atoms with E-state index >= 15 is 0 Å². The molecule has 0 fully saturated rings. The zero-order valence-electron chi connectivity index (χ0n) is 16.2. The van der Waals surface area contributed by atoms with Gasteiger partial charge in [0.2, 0.25) is 5.91 Å². The van der Waals surface area contributed by atoms with Crippen molar-refractivity contribution in [1.29, 1.82) is 0 Å². The average Bonchev–Trinajstić information content (AvgIpc) is 2.63. The molecule has 1 heterocycles. The first-order chi connectivity index (χ1) is 13.2. The van der Waals surface area contributed by atoms with E-state index in [1.54, 1.807) is 19.9 Å². The first-order valence-electron chi connectivity index (χ1n) is 8.69. The third-order valence-electron chi connectivity index (χ3n) is 3.99. The van der Waals surface area contributed by atoms with Crippen molar-refractivity contribution in [3.05, 3.63) is 57.3 Å². The van der Waals surface area contributed by atoms with Gasteiger partial charge < -0.3 is 15.0 Å². The molecular formula is C20H22BrN3O4. The zero-order chi connectivity index (χ0) is 20.8. The van der Waals surface area contributed by atoms with E-state index in [-0.39, 0.29) is 24.8 Å². The molecule has 0 aliphatic heterocycles. The summed E-state index contributed by atoms with van der Waals surface area (Å²) in [6, 6.07) is 8.47. The zero-order valence-corrected chi connectivity index (χ0v) is 17.8. The van der Waals surface area contributed by atoms with Crippen LogP contribution in [-0.4, -0.2) is 47.9 Å². The highest BCUT2D eigenvalue weighted by Gasteiger charge is 2.19. The summed E-state index contributed by atoms with van der Waals surface area (Å²) in [5.41, 5.74) is 2.45. The molecule has 0 saturated heterocycles. The van der Waals surface area contributed by atoms with Crippen molar-refractivity contribution in [3.8, 4) is 0 Å². The van der Waals surface area contributed by atoms with Gasteiger partial charge in [0, 0.05) is 17.2 Å². The number of aromatic nitrogens is 1. The van der Waals surface area contributed by atoms with Crippen LogP contribution in [0.25, 0.3) is 0 Å². The fourth-order valence-corrected chi connectivity index (χ4v) is 3.02. The van der Waals surface area contributed by atoms with Crippen LogP contribution in [0.4, 0.5) is 5.69 Å². The van der Waals surface area contributed by atoms with Crippen molar-refractivity contribution in [2.75, 3.05) is 25.5 Å². The van der Waals surface area contributed by atoms with Crippen molar-refractivity contribution in [2.24, 2.45) is 0 Å². The van der Waals surface area contributed by atoms with Crippen LogP contribution in [0.3, 0.4) is 0 Å². The normalized spacial score (nSPS) is 10.3. The Kier molecular flexibility index (Phi) is 7.28. The molecule has 0 radical (unpaired) electrons. The quantitative estimate of drug-likeness (QED) is 0.685. The molecular weight excluding hydrogens is 426 g/mol. The summed E-state index contributed by atoms with van der Waals surface area (Å²) in [6.07, 6.45) is 0. The summed E-state index contributed by atoms with van der Waals surface area (Å²) in [4.78, 5) is 42.1. The second kappa shape index (κ2) is 9.45. The minimum absolute atomic E-state index is 0.130. The van der Waals surface area contributed by atoms with Crippen molar-refractivity contribution < 1.29 is 19.1 Å². The first-order valence-corrected chi connectivity index (χ1v) is 9.48. The Hall–Kier alpha value is -2.74. The lowest BCUT2D eigenvalue weighted by Gasteiger charge is -2.17. The molecule has 2 rings (SSSR count). The average molecular weight is 448 g/mol. The Bertz CT molecular complexity index is 914. The van der Waals surface area contributed by atoms with Crippen molar-refractivity contribution >= 4 is 39.4 Å². The second-order valence-electron chi connectivity index (χ2n) is 6.22. The number of carbonyl (C=O) groups excluding carboxylic acids is 3. The minimum Gasteiger partial charge on any atom is -0.462 e. The molecule has 0 aliphatic rings. The summed E-state index contributed by atoms with van der Waals surface area (Å²) in [5, 5.41) is 2.79. The Labute approximate surface area is 172 Å². The van der Waals surface area contributed by atoms with Crippen molar-refractivity contribution in [1.82, 2.24) is 9.88 Å². The smallest absolute Gasteiger partial charge is 0.339 e. The van der Waals surface area contributed by atoms with Crippen LogP contribution in [0.1, 0.15) is 39.0 Å². The summed E-state index contributed by atoms with van der Waals surface area (Å²) in [6.45, 7) is 5.36. The number of benzene rings is 1. The number of ether oxygens (including phenoxy) is 1. The monoisotopic (exact) mass is 447 g/mol. The van der Waals surface area contributed by atoms with Gasteiger partial charge in [-0.3, -0.25) is 9.59 Å². The molecule has 0 unspecified atom stereocenters. The number of nitrogens with zero attached hydrogens (tertiary/aromatic N) is 2. The van der Waals surface area contributed by atoms with Crippen LogP contribution >= 0.6 is 15.9 Å². The number of nitrogens with one attached hydrogen (secondary N) is 1. The Morgan fingerprint density at radius 3 is 2.50 bits per heavy atom. The molecule has 28 heavy (non-hydrogen) atoms. The lowest BCUT2D eigenvalue weighted by atomic mass is 10.1. The van der Waals surface area contributed by atoms with Gasteiger partial charge in [-0.25, -0.2) is 9.78 Å². The van der Waals surface area contributed by atoms with Crippen LogP contribution in [0.2, 0.25) is 0 Å². The van der Waals surface area contributed by atoms with E-state index in [1.807, 2.05) is 19.1 Å². The maximum Gasteiger partial charge on any atom is 0.339 e. The van der Waals surface area contributed by atoms with Gasteiger partial charge in [0.15, 0.2) is 0 Å². The first kappa shape index (κ1) is 21.6. The number of carbonyl (C=O) groups is 3. The summed E-state index contributed by atoms with van der Waals surface area (Å²) < 4.78 is 5.87. The molecule has 0 saturated carbocycles. The largest absolute Gasteiger partial charge is 0.462 e. The van der Waals surface area contributed by atoms with Gasteiger partial charge in [-0.1, -0.05) is 15.9 Å². The van der Waals surface area contributed by atoms with Crippen LogP contribution in [0.5, 0.6) is 0 Å². The molecule has 1 aromatic heterocycles. The molecule has 2 amide bonds. The van der Waals surface area contributed by atoms with E-state index in [4.69, 9.17) is 4.74 Å². The standard InChI is InChI=1S/C20H22BrN3O4/c1-5-28-20(27)15-7-9-17(22-13(15)3)19(26)24(4)11-18(25)23-16-8-6-14(21)10-12(16)2/h6-10H,5,11H2,1-4H3,(H,23,25). The number of hydrogen-bond acceptors (Lipinski definition) is 5. The molecule has 148 valence electrons. The fraction of sp³-hybridized carbons (Fsp3) is 0.300. The van der Waals surface area contributed by atoms with Gasteiger partial charge >= 0.3 is 5.97 Å². The number of amides is 2. The fourth-order valence-electron chi connectivity index (χ4n) is 2.54. The molecule has 0 spiro atoms. The number of anilines is 1. The van der Waals surface area contributed by atoms with Crippen LogP contribution in [0, 0.1) is 13.8 Å². The number of esters is 1. The van der Waals surface area contributed by atoms with Gasteiger partial charge in [0.25, 0.3) is 5.91 Å². The Balaban J connectivity index is 2.04. The third kappa shape index (κ3) is 5.39. The predicted molar refractivity (Wildman–Crippen MR) is 109 cm³/mol. The maximum absolute atomic E-state index is 12.6. The lowest BCUT2D eigenvalue weighted by molar-refractivity contribution is -0.116. The van der Waals surface area contributed by atoms with Crippen molar-refractivity contribution in [3.63, 3.8) is 0 Å². The molecule has 2 aromatic rings. The highest BCUT2D eigenvalue weighted by molar-refractivity contribution is 9.10. The minimum atomic E-state index is -0.482. The molecule has 7 nitrogen and oxygen atoms in total. The molecule has 0 bridgehead atoms. The lowest BCUT2D eigenvalue weighted by Crippen LogP contribution is -2.35. The highest BCUT2D eigenvalue weighted by Crippen LogP contribution is 2.20. The van der Waals surface area contributed by atoms with Gasteiger partial charge in [-0.15, -0.1) is 0 Å². The van der Waals surface area contributed by atoms with Crippen LogP contribution in [-0.2, 0) is 9.53 Å². The van der Waals surface area contributed by atoms with E-state index in [9.17, 15) is 14.4 Å². The maximum atomic E-state index is 12.6. The molecule has 1 N–H and O–H groups in total. The Morgan fingerprint density at radius 1 is 1.18 bits per heavy atom. The molecule has 0 atom stereocenters. The summed E-state index contributed by atoms with van der Waals surface area (Å²) in [7, 11) is 1.52. The topological polar surface area (TPSA) is 88.6 Å². The molecule has 0 aliphatic carbocycles. The van der Waals surface area contributed by atoms with Crippen molar-refractivity contribution in [2.45, 2.75) is 20.8 Å². The van der Waals surface area contributed by atoms with E-state index in [0.29, 0.717) is 16.9 Å². The van der Waals surface area contributed by atoms with E-state index in [1.165, 1.54) is 24.1 Å².